The van der Waals surface area contributed by atoms with E-state index in [1.807, 2.05) is 0 Å². The molecule has 0 saturated carbocycles. The number of aromatic nitrogens is 1. The molecule has 0 bridgehead atoms. The molecule has 0 radical (unpaired) electrons. The third kappa shape index (κ3) is 5.61. The molecule has 2 N–H and O–H groups in total. The van der Waals surface area contributed by atoms with Crippen molar-refractivity contribution < 1.29 is 32.6 Å². The maximum absolute atomic E-state index is 12.9. The van der Waals surface area contributed by atoms with Crippen LogP contribution in [0.5, 0.6) is 5.75 Å². The summed E-state index contributed by atoms with van der Waals surface area (Å²) in [7, 11) is 0.215. The number of hydrogen-bond acceptors (Lipinski definition) is 6. The molecule has 13 heteroatoms. The molecule has 0 aliphatic heterocycles. The van der Waals surface area contributed by atoms with E-state index in [1.54, 1.807) is 29.8 Å². The number of hydrogen-bond donors (Lipinski definition) is 2. The molecule has 0 spiro atoms. The number of benzene rings is 2. The van der Waals surface area contributed by atoms with Crippen LogP contribution in [0.25, 0.3) is 10.9 Å². The summed E-state index contributed by atoms with van der Waals surface area (Å²) in [6.45, 7) is 1.45. The number of urea groups is 1. The highest BCUT2D eigenvalue weighted by atomic mass is 35.5. The number of carboxylic acids is 1. The van der Waals surface area contributed by atoms with Gasteiger partial charge in [-0.25, -0.2) is 4.79 Å². The number of amides is 3. The van der Waals surface area contributed by atoms with Crippen LogP contribution in [0.15, 0.2) is 46.8 Å². The number of rotatable bonds is 7. The lowest BCUT2D eigenvalue weighted by molar-refractivity contribution is -0.137. The molecule has 11 nitrogen and oxygen atoms in total. The largest absolute Gasteiger partial charge is 0.495 e. The second-order valence-electron chi connectivity index (χ2n) is 7.51. The summed E-state index contributed by atoms with van der Waals surface area (Å²) < 4.78 is 31.6. The fourth-order valence-corrected chi connectivity index (χ4v) is 4.14. The topological polar surface area (TPSA) is 147 Å². The number of ether oxygens (including phenoxy) is 1. The van der Waals surface area contributed by atoms with Crippen molar-refractivity contribution in [2.75, 3.05) is 17.3 Å². The average Bonchev–Trinajstić information content (AvgIpc) is 3.12. The van der Waals surface area contributed by atoms with Crippen LogP contribution in [-0.2, 0) is 22.3 Å². The van der Waals surface area contributed by atoms with E-state index in [-0.39, 0.29) is 5.69 Å². The second-order valence-corrected chi connectivity index (χ2v) is 8.51. The summed E-state index contributed by atoms with van der Waals surface area (Å²) >= 11 is 6.37. The third-order valence-corrected chi connectivity index (χ3v) is 5.95. The van der Waals surface area contributed by atoms with Crippen molar-refractivity contribution in [2.45, 2.75) is 19.4 Å². The van der Waals surface area contributed by atoms with Gasteiger partial charge in [0.05, 0.1) is 24.1 Å². The van der Waals surface area contributed by atoms with Crippen molar-refractivity contribution in [3.05, 3.63) is 53.2 Å². The Bertz CT molecular complexity index is 1440. The fourth-order valence-electron chi connectivity index (χ4n) is 3.64. The van der Waals surface area contributed by atoms with Gasteiger partial charge in [0.15, 0.2) is 0 Å². The van der Waals surface area contributed by atoms with Gasteiger partial charge in [-0.3, -0.25) is 14.5 Å². The Morgan fingerprint density at radius 1 is 1.20 bits per heavy atom. The molecule has 184 valence electrons. The molecule has 1 heterocycles. The molecule has 3 aromatic rings. The smallest absolute Gasteiger partial charge is 0.363 e. The quantitative estimate of drug-likeness (QED) is 0.479. The van der Waals surface area contributed by atoms with E-state index in [9.17, 15) is 22.8 Å². The summed E-state index contributed by atoms with van der Waals surface area (Å²) in [4.78, 5) is 37.3. The van der Waals surface area contributed by atoms with E-state index in [4.69, 9.17) is 21.4 Å². The first-order valence-electron chi connectivity index (χ1n) is 10.1. The Balaban J connectivity index is 1.87. The van der Waals surface area contributed by atoms with Crippen LogP contribution in [0.2, 0.25) is 5.02 Å². The Morgan fingerprint density at radius 2 is 1.86 bits per heavy atom. The molecular weight excluding hydrogens is 500 g/mol. The number of nitrogens with one attached hydrogen (secondary N) is 1. The highest BCUT2D eigenvalue weighted by Gasteiger charge is 2.24. The SMILES string of the molecule is COc1ccc2c(cc(C(=O)Nc3ccc(N(C(=O)N=S(=O)=O)C(C)CC(=O)O)cc3)n2C)c1Cl. The van der Waals surface area contributed by atoms with Gasteiger partial charge in [-0.2, -0.15) is 8.42 Å². The van der Waals surface area contributed by atoms with E-state index in [2.05, 4.69) is 9.68 Å². The molecule has 1 aromatic heterocycles. The minimum Gasteiger partial charge on any atom is -0.495 e. The highest BCUT2D eigenvalue weighted by Crippen LogP contribution is 2.34. The molecule has 0 aliphatic carbocycles. The monoisotopic (exact) mass is 520 g/mol. The molecule has 3 rings (SSSR count). The zero-order valence-electron chi connectivity index (χ0n) is 18.9. The second kappa shape index (κ2) is 10.6. The van der Waals surface area contributed by atoms with Crippen molar-refractivity contribution in [3.63, 3.8) is 0 Å². The number of fused-ring (bicyclic) bond motifs is 1. The number of methoxy groups -OCH3 is 1. The predicted molar refractivity (Wildman–Crippen MR) is 130 cm³/mol. The van der Waals surface area contributed by atoms with E-state index < -0.39 is 40.9 Å². The zero-order valence-corrected chi connectivity index (χ0v) is 20.4. The van der Waals surface area contributed by atoms with E-state index in [1.165, 1.54) is 38.3 Å². The van der Waals surface area contributed by atoms with Gasteiger partial charge in [0.2, 0.25) is 0 Å². The molecule has 1 atom stereocenters. The van der Waals surface area contributed by atoms with Gasteiger partial charge in [0, 0.05) is 29.9 Å². The number of carboxylic acid groups (broad SMARTS) is 1. The highest BCUT2D eigenvalue weighted by molar-refractivity contribution is 7.62. The molecule has 1 unspecified atom stereocenters. The van der Waals surface area contributed by atoms with E-state index in [0.717, 1.165) is 10.4 Å². The van der Waals surface area contributed by atoms with Crippen LogP contribution in [0.1, 0.15) is 23.8 Å². The number of nitrogens with zero attached hydrogens (tertiary/aromatic N) is 3. The molecule has 2 aromatic carbocycles. The Morgan fingerprint density at radius 3 is 2.43 bits per heavy atom. The lowest BCUT2D eigenvalue weighted by Crippen LogP contribution is -2.38. The van der Waals surface area contributed by atoms with Crippen LogP contribution in [0, 0.1) is 0 Å². The minimum atomic E-state index is -3.01. The predicted octanol–water partition coefficient (Wildman–Crippen LogP) is 3.94. The molecule has 0 fully saturated rings. The summed E-state index contributed by atoms with van der Waals surface area (Å²) in [6, 6.07) is 8.99. The number of carbonyl (C=O) groups is 3. The van der Waals surface area contributed by atoms with Crippen molar-refractivity contribution >= 4 is 62.3 Å². The summed E-state index contributed by atoms with van der Waals surface area (Å²) in [6.07, 6.45) is -0.431. The first kappa shape index (κ1) is 25.7. The van der Waals surface area contributed by atoms with E-state index >= 15 is 0 Å². The van der Waals surface area contributed by atoms with Gasteiger partial charge in [0.1, 0.15) is 11.4 Å². The molecule has 35 heavy (non-hydrogen) atoms. The number of carbonyl (C=O) groups excluding carboxylic acids is 2. The van der Waals surface area contributed by atoms with Gasteiger partial charge in [-0.15, -0.1) is 0 Å². The number of aryl methyl sites for hydroxylation is 1. The van der Waals surface area contributed by atoms with Crippen LogP contribution >= 0.6 is 11.6 Å². The van der Waals surface area contributed by atoms with Gasteiger partial charge < -0.3 is 19.7 Å². The maximum atomic E-state index is 12.9. The Labute approximate surface area is 206 Å². The van der Waals surface area contributed by atoms with E-state index in [0.29, 0.717) is 27.5 Å². The maximum Gasteiger partial charge on any atom is 0.363 e. The van der Waals surface area contributed by atoms with Crippen molar-refractivity contribution in [3.8, 4) is 5.75 Å². The average molecular weight is 521 g/mol. The first-order chi connectivity index (χ1) is 16.5. The van der Waals surface area contributed by atoms with Crippen LogP contribution < -0.4 is 15.0 Å². The third-order valence-electron chi connectivity index (χ3n) is 5.25. The van der Waals surface area contributed by atoms with Gasteiger partial charge in [-0.1, -0.05) is 16.0 Å². The summed E-state index contributed by atoms with van der Waals surface area (Å²) in [5, 5.41) is 12.8. The van der Waals surface area contributed by atoms with Gasteiger partial charge in [0.25, 0.3) is 5.91 Å². The first-order valence-corrected chi connectivity index (χ1v) is 11.5. The van der Waals surface area contributed by atoms with Crippen LogP contribution in [0.3, 0.4) is 0 Å². The number of anilines is 2. The fraction of sp³-hybridized carbons (Fsp3) is 0.227. The van der Waals surface area contributed by atoms with Crippen molar-refractivity contribution in [2.24, 2.45) is 11.4 Å². The van der Waals surface area contributed by atoms with Crippen molar-refractivity contribution in [1.29, 1.82) is 0 Å². The van der Waals surface area contributed by atoms with Gasteiger partial charge >= 0.3 is 22.5 Å². The molecule has 0 saturated heterocycles. The van der Waals surface area contributed by atoms with Gasteiger partial charge in [-0.05, 0) is 49.4 Å². The standard InChI is InChI=1S/C22H21ClN4O7S/c1-12(10-19(28)29)27(22(31)25-35(32)33)14-6-4-13(5-7-14)24-21(30)17-11-15-16(26(17)2)8-9-18(34-3)20(15)23/h4-9,11-12H,10H2,1-3H3,(H,24,30)(H,28,29). The number of halogens is 1. The summed E-state index contributed by atoms with van der Waals surface area (Å²) in [5.41, 5.74) is 1.66. The Hall–Kier alpha value is -3.90. The summed E-state index contributed by atoms with van der Waals surface area (Å²) in [5.74, 6) is -1.11. The molecular formula is C22H21ClN4O7S. The Kier molecular flexibility index (Phi) is 7.77. The number of aliphatic carboxylic acids is 1. The lowest BCUT2D eigenvalue weighted by Gasteiger charge is -2.26. The zero-order chi connectivity index (χ0) is 25.9. The normalized spacial score (nSPS) is 11.5. The van der Waals surface area contributed by atoms with Crippen molar-refractivity contribution in [1.82, 2.24) is 4.57 Å². The van der Waals surface area contributed by atoms with Crippen LogP contribution in [0.4, 0.5) is 16.2 Å². The molecule has 3 amide bonds. The molecule has 0 aliphatic rings. The lowest BCUT2D eigenvalue weighted by atomic mass is 10.1. The minimum absolute atomic E-state index is 0.208. The van der Waals surface area contributed by atoms with Crippen LogP contribution in [-0.4, -0.2) is 49.2 Å².